The van der Waals surface area contributed by atoms with Crippen molar-refractivity contribution < 1.29 is 4.79 Å². The highest BCUT2D eigenvalue weighted by Crippen LogP contribution is 2.21. The molecule has 2 amide bonds. The maximum Gasteiger partial charge on any atom is 0.321 e. The van der Waals surface area contributed by atoms with Gasteiger partial charge in [0.2, 0.25) is 0 Å². The second-order valence-corrected chi connectivity index (χ2v) is 5.11. The molecule has 3 N–H and O–H groups in total. The summed E-state index contributed by atoms with van der Waals surface area (Å²) in [6.45, 7) is 1.89. The zero-order valence-corrected chi connectivity index (χ0v) is 12.0. The lowest BCUT2D eigenvalue weighted by atomic mass is 10.1. The number of anilines is 1. The van der Waals surface area contributed by atoms with Crippen LogP contribution in [0.25, 0.3) is 0 Å². The van der Waals surface area contributed by atoms with E-state index in [2.05, 4.69) is 17.2 Å². The minimum absolute atomic E-state index is 0.0807. The molecule has 1 saturated heterocycles. The lowest BCUT2D eigenvalue weighted by Gasteiger charge is -2.27. The van der Waals surface area contributed by atoms with Gasteiger partial charge in [-0.2, -0.15) is 0 Å². The third-order valence-electron chi connectivity index (χ3n) is 3.19. The summed E-state index contributed by atoms with van der Waals surface area (Å²) in [5, 5.41) is 3.49. The van der Waals surface area contributed by atoms with E-state index in [1.165, 1.54) is 6.42 Å². The summed E-state index contributed by atoms with van der Waals surface area (Å²) in [7, 11) is 0. The van der Waals surface area contributed by atoms with Gasteiger partial charge in [-0.05, 0) is 37.5 Å². The van der Waals surface area contributed by atoms with Gasteiger partial charge in [0, 0.05) is 23.7 Å². The Morgan fingerprint density at radius 2 is 2.10 bits per heavy atom. The molecule has 5 heteroatoms. The van der Waals surface area contributed by atoms with E-state index in [4.69, 9.17) is 17.3 Å². The Morgan fingerprint density at radius 1 is 1.35 bits per heavy atom. The number of carbonyl (C=O) groups excluding carboxylic acids is 1. The molecule has 2 rings (SSSR count). The van der Waals surface area contributed by atoms with Gasteiger partial charge < -0.3 is 16.0 Å². The van der Waals surface area contributed by atoms with Gasteiger partial charge in [-0.25, -0.2) is 4.79 Å². The SMILES string of the molecule is NCC#Cc1cc(Cl)ccc1NC(=O)N1CCCCC1. The van der Waals surface area contributed by atoms with Crippen LogP contribution in [-0.4, -0.2) is 30.6 Å². The second-order valence-electron chi connectivity index (χ2n) is 4.67. The number of benzene rings is 1. The van der Waals surface area contributed by atoms with Crippen molar-refractivity contribution in [1.82, 2.24) is 4.90 Å². The predicted octanol–water partition coefficient (Wildman–Crippen LogP) is 2.67. The molecule has 1 heterocycles. The fourth-order valence-electron chi connectivity index (χ4n) is 2.17. The Kier molecular flexibility index (Phi) is 5.28. The first-order chi connectivity index (χ1) is 9.70. The van der Waals surface area contributed by atoms with Crippen LogP contribution >= 0.6 is 11.6 Å². The molecule has 0 spiro atoms. The van der Waals surface area contributed by atoms with E-state index < -0.39 is 0 Å². The zero-order valence-electron chi connectivity index (χ0n) is 11.3. The summed E-state index contributed by atoms with van der Waals surface area (Å²) >= 11 is 5.96. The number of amides is 2. The fourth-order valence-corrected chi connectivity index (χ4v) is 2.34. The fraction of sp³-hybridized carbons (Fsp3) is 0.400. The molecule has 1 aliphatic heterocycles. The smallest absolute Gasteiger partial charge is 0.321 e. The van der Waals surface area contributed by atoms with Gasteiger partial charge in [0.25, 0.3) is 0 Å². The molecular weight excluding hydrogens is 274 g/mol. The summed E-state index contributed by atoms with van der Waals surface area (Å²) in [6, 6.07) is 5.16. The lowest BCUT2D eigenvalue weighted by molar-refractivity contribution is 0.200. The molecule has 1 aromatic rings. The number of nitrogens with one attached hydrogen (secondary N) is 1. The molecule has 0 unspecified atom stereocenters. The first-order valence-electron chi connectivity index (χ1n) is 6.75. The average Bonchev–Trinajstić information content (AvgIpc) is 2.48. The topological polar surface area (TPSA) is 58.4 Å². The third-order valence-corrected chi connectivity index (χ3v) is 3.43. The van der Waals surface area contributed by atoms with Crippen LogP contribution in [0.1, 0.15) is 24.8 Å². The van der Waals surface area contributed by atoms with Gasteiger partial charge in [0.15, 0.2) is 0 Å². The molecule has 20 heavy (non-hydrogen) atoms. The monoisotopic (exact) mass is 291 g/mol. The zero-order chi connectivity index (χ0) is 14.4. The molecule has 1 aliphatic rings. The van der Waals surface area contributed by atoms with Gasteiger partial charge in [-0.1, -0.05) is 23.4 Å². The van der Waals surface area contributed by atoms with Crippen LogP contribution in [0.5, 0.6) is 0 Å². The molecule has 0 bridgehead atoms. The standard InChI is InChI=1S/C15H18ClN3O/c16-13-6-7-14(12(11-13)5-4-8-17)18-15(20)19-9-2-1-3-10-19/h6-7,11H,1-3,8-10,17H2,(H,18,20). The minimum Gasteiger partial charge on any atom is -0.325 e. The number of nitrogens with two attached hydrogens (primary N) is 1. The van der Waals surface area contributed by atoms with Crippen LogP contribution in [0.4, 0.5) is 10.5 Å². The maximum atomic E-state index is 12.2. The van der Waals surface area contributed by atoms with Crippen molar-refractivity contribution in [3.05, 3.63) is 28.8 Å². The molecule has 1 fully saturated rings. The number of carbonyl (C=O) groups is 1. The molecule has 0 radical (unpaired) electrons. The van der Waals surface area contributed by atoms with E-state index in [1.54, 1.807) is 18.2 Å². The van der Waals surface area contributed by atoms with Crippen molar-refractivity contribution in [3.8, 4) is 11.8 Å². The highest BCUT2D eigenvalue weighted by molar-refractivity contribution is 6.30. The number of hydrogen-bond donors (Lipinski definition) is 2. The van der Waals surface area contributed by atoms with Crippen molar-refractivity contribution in [2.75, 3.05) is 25.0 Å². The molecule has 0 aromatic heterocycles. The van der Waals surface area contributed by atoms with Gasteiger partial charge in [-0.3, -0.25) is 0 Å². The van der Waals surface area contributed by atoms with E-state index in [-0.39, 0.29) is 12.6 Å². The number of hydrogen-bond acceptors (Lipinski definition) is 2. The Labute approximate surface area is 124 Å². The summed E-state index contributed by atoms with van der Waals surface area (Å²) in [4.78, 5) is 14.0. The molecule has 0 atom stereocenters. The minimum atomic E-state index is -0.0807. The summed E-state index contributed by atoms with van der Waals surface area (Å²) in [5.74, 6) is 5.71. The van der Waals surface area contributed by atoms with Crippen LogP contribution in [-0.2, 0) is 0 Å². The van der Waals surface area contributed by atoms with Gasteiger partial charge >= 0.3 is 6.03 Å². The molecule has 4 nitrogen and oxygen atoms in total. The molecule has 1 aromatic carbocycles. The first-order valence-corrected chi connectivity index (χ1v) is 7.13. The van der Waals surface area contributed by atoms with Crippen molar-refractivity contribution >= 4 is 23.3 Å². The van der Waals surface area contributed by atoms with Crippen molar-refractivity contribution in [3.63, 3.8) is 0 Å². The number of rotatable bonds is 1. The lowest BCUT2D eigenvalue weighted by Crippen LogP contribution is -2.38. The van der Waals surface area contributed by atoms with E-state index in [9.17, 15) is 4.79 Å². The number of likely N-dealkylation sites (tertiary alicyclic amines) is 1. The quantitative estimate of drug-likeness (QED) is 0.782. The van der Waals surface area contributed by atoms with E-state index in [0.29, 0.717) is 16.3 Å². The van der Waals surface area contributed by atoms with Gasteiger partial charge in [-0.15, -0.1) is 0 Å². The maximum absolute atomic E-state index is 12.2. The number of nitrogens with zero attached hydrogens (tertiary/aromatic N) is 1. The highest BCUT2D eigenvalue weighted by Gasteiger charge is 2.17. The molecule has 106 valence electrons. The third kappa shape index (κ3) is 3.89. The van der Waals surface area contributed by atoms with E-state index in [0.717, 1.165) is 25.9 Å². The predicted molar refractivity (Wildman–Crippen MR) is 81.8 cm³/mol. The molecular formula is C15H18ClN3O. The van der Waals surface area contributed by atoms with E-state index >= 15 is 0 Å². The van der Waals surface area contributed by atoms with Crippen molar-refractivity contribution in [2.45, 2.75) is 19.3 Å². The second kappa shape index (κ2) is 7.18. The van der Waals surface area contributed by atoms with Gasteiger partial charge in [0.1, 0.15) is 0 Å². The normalized spacial score (nSPS) is 14.4. The van der Waals surface area contributed by atoms with Gasteiger partial charge in [0.05, 0.1) is 12.2 Å². The summed E-state index contributed by atoms with van der Waals surface area (Å²) in [6.07, 6.45) is 3.32. The Hall–Kier alpha value is -1.70. The highest BCUT2D eigenvalue weighted by atomic mass is 35.5. The molecule has 0 saturated carbocycles. The number of halogens is 1. The van der Waals surface area contributed by atoms with Crippen molar-refractivity contribution in [1.29, 1.82) is 0 Å². The largest absolute Gasteiger partial charge is 0.325 e. The number of piperidine rings is 1. The summed E-state index contributed by atoms with van der Waals surface area (Å²) < 4.78 is 0. The van der Waals surface area contributed by atoms with Crippen LogP contribution in [0.15, 0.2) is 18.2 Å². The van der Waals surface area contributed by atoms with E-state index in [1.807, 2.05) is 4.90 Å². The summed E-state index contributed by atoms with van der Waals surface area (Å²) in [5.41, 5.74) is 6.74. The number of urea groups is 1. The first kappa shape index (κ1) is 14.7. The average molecular weight is 292 g/mol. The van der Waals surface area contributed by atoms with Crippen molar-refractivity contribution in [2.24, 2.45) is 5.73 Å². The molecule has 0 aliphatic carbocycles. The Morgan fingerprint density at radius 3 is 2.80 bits per heavy atom. The van der Waals surface area contributed by atoms with Crippen LogP contribution in [0.3, 0.4) is 0 Å². The van der Waals surface area contributed by atoms with Crippen LogP contribution in [0, 0.1) is 11.8 Å². The Balaban J connectivity index is 2.13. The van der Waals surface area contributed by atoms with Crippen LogP contribution in [0.2, 0.25) is 5.02 Å². The Bertz CT molecular complexity index is 542. The van der Waals surface area contributed by atoms with Crippen LogP contribution < -0.4 is 11.1 Å².